The van der Waals surface area contributed by atoms with E-state index < -0.39 is 34.9 Å². The number of aryl methyl sites for hydroxylation is 1. The van der Waals surface area contributed by atoms with E-state index in [2.05, 4.69) is 10.6 Å². The number of likely N-dealkylation sites (N-methyl/N-ethyl adjacent to an activating group) is 2. The van der Waals surface area contributed by atoms with Crippen LogP contribution in [0.25, 0.3) is 0 Å². The van der Waals surface area contributed by atoms with Crippen molar-refractivity contribution in [2.45, 2.75) is 85.9 Å². The van der Waals surface area contributed by atoms with E-state index >= 15 is 0 Å². The molecule has 1 aromatic carbocycles. The minimum absolute atomic E-state index is 0.0138. The maximum atomic E-state index is 13.7. The van der Waals surface area contributed by atoms with Gasteiger partial charge in [0.1, 0.15) is 6.04 Å². The SMILES string of the molecule is CN[C@@H](C(=O)N[C@H](C(=O)N(C)[C@H](/C=C(\C)C(=O)O)C(C)C)C(C)(C)C)C(C)(C)c1ccc(C)cc1. The first-order chi connectivity index (χ1) is 15.9. The van der Waals surface area contributed by atoms with Crippen LogP contribution in [0.15, 0.2) is 35.9 Å². The van der Waals surface area contributed by atoms with E-state index in [1.165, 1.54) is 6.92 Å². The van der Waals surface area contributed by atoms with Gasteiger partial charge >= 0.3 is 5.97 Å². The van der Waals surface area contributed by atoms with Crippen LogP contribution in [0.3, 0.4) is 0 Å². The summed E-state index contributed by atoms with van der Waals surface area (Å²) in [7, 11) is 3.41. The lowest BCUT2D eigenvalue weighted by Gasteiger charge is -2.40. The molecule has 7 nitrogen and oxygen atoms in total. The highest BCUT2D eigenvalue weighted by Gasteiger charge is 2.41. The molecule has 0 saturated carbocycles. The number of carbonyl (C=O) groups is 3. The van der Waals surface area contributed by atoms with Gasteiger partial charge in [-0.25, -0.2) is 4.79 Å². The standard InChI is InChI=1S/C28H45N3O4/c1-17(2)21(16-19(4)26(34)35)31(11)25(33)23(27(5,6)7)30-24(32)22(29-10)28(8,9)20-14-12-18(3)13-15-20/h12-17,21-23,29H,1-11H3,(H,30,32)(H,34,35)/b19-16+/t21-,22+,23-/m1/s1. The molecule has 0 unspecified atom stereocenters. The van der Waals surface area contributed by atoms with Crippen LogP contribution in [0.4, 0.5) is 0 Å². The third-order valence-electron chi connectivity index (χ3n) is 6.70. The fourth-order valence-corrected chi connectivity index (χ4v) is 4.27. The highest BCUT2D eigenvalue weighted by molar-refractivity contribution is 5.91. The van der Waals surface area contributed by atoms with Crippen LogP contribution >= 0.6 is 0 Å². The first-order valence-corrected chi connectivity index (χ1v) is 12.2. The normalized spacial score (nSPS) is 15.4. The van der Waals surface area contributed by atoms with Crippen LogP contribution in [-0.2, 0) is 19.8 Å². The van der Waals surface area contributed by atoms with Crippen molar-refractivity contribution in [3.63, 3.8) is 0 Å². The number of nitrogens with one attached hydrogen (secondary N) is 2. The van der Waals surface area contributed by atoms with Crippen molar-refractivity contribution < 1.29 is 19.5 Å². The summed E-state index contributed by atoms with van der Waals surface area (Å²) in [5, 5.41) is 15.5. The molecule has 0 fully saturated rings. The van der Waals surface area contributed by atoms with Crippen molar-refractivity contribution >= 4 is 17.8 Å². The third kappa shape index (κ3) is 7.66. The zero-order valence-electron chi connectivity index (χ0n) is 23.3. The summed E-state index contributed by atoms with van der Waals surface area (Å²) in [6.07, 6.45) is 1.60. The van der Waals surface area contributed by atoms with Gasteiger partial charge in [0.2, 0.25) is 11.8 Å². The summed E-state index contributed by atoms with van der Waals surface area (Å²) in [4.78, 5) is 40.2. The fourth-order valence-electron chi connectivity index (χ4n) is 4.27. The molecule has 0 spiro atoms. The van der Waals surface area contributed by atoms with Crippen molar-refractivity contribution in [3.05, 3.63) is 47.0 Å². The van der Waals surface area contributed by atoms with E-state index in [0.717, 1.165) is 11.1 Å². The van der Waals surface area contributed by atoms with E-state index in [-0.39, 0.29) is 23.3 Å². The average molecular weight is 488 g/mol. The Morgan fingerprint density at radius 3 is 1.91 bits per heavy atom. The van der Waals surface area contributed by atoms with Crippen molar-refractivity contribution in [3.8, 4) is 0 Å². The van der Waals surface area contributed by atoms with Gasteiger partial charge < -0.3 is 20.6 Å². The smallest absolute Gasteiger partial charge is 0.331 e. The summed E-state index contributed by atoms with van der Waals surface area (Å²) in [6.45, 7) is 17.2. The molecule has 0 aliphatic carbocycles. The second kappa shape index (κ2) is 11.8. The highest BCUT2D eigenvalue weighted by Crippen LogP contribution is 2.29. The number of benzene rings is 1. The Bertz CT molecular complexity index is 927. The molecule has 3 N–H and O–H groups in total. The summed E-state index contributed by atoms with van der Waals surface area (Å²) in [6, 6.07) is 6.29. The van der Waals surface area contributed by atoms with Gasteiger partial charge in [-0.1, -0.05) is 84.4 Å². The zero-order chi connectivity index (χ0) is 27.3. The largest absolute Gasteiger partial charge is 0.478 e. The molecular weight excluding hydrogens is 442 g/mol. The van der Waals surface area contributed by atoms with Crippen LogP contribution < -0.4 is 10.6 Å². The fraction of sp³-hybridized carbons (Fsp3) is 0.607. The van der Waals surface area contributed by atoms with E-state index in [0.29, 0.717) is 0 Å². The van der Waals surface area contributed by atoms with E-state index in [4.69, 9.17) is 0 Å². The number of hydrogen-bond donors (Lipinski definition) is 3. The summed E-state index contributed by atoms with van der Waals surface area (Å²) >= 11 is 0. The number of amides is 2. The molecule has 2 amide bonds. The monoisotopic (exact) mass is 487 g/mol. The van der Waals surface area contributed by atoms with Crippen molar-refractivity contribution in [2.75, 3.05) is 14.1 Å². The third-order valence-corrected chi connectivity index (χ3v) is 6.70. The van der Waals surface area contributed by atoms with Crippen LogP contribution in [0.5, 0.6) is 0 Å². The number of aliphatic carboxylic acids is 1. The molecule has 0 radical (unpaired) electrons. The number of nitrogens with zero attached hydrogens (tertiary/aromatic N) is 1. The predicted octanol–water partition coefficient (Wildman–Crippen LogP) is 3.91. The van der Waals surface area contributed by atoms with Crippen molar-refractivity contribution in [1.29, 1.82) is 0 Å². The second-order valence-corrected chi connectivity index (χ2v) is 11.5. The van der Waals surface area contributed by atoms with Gasteiger partial charge in [0.25, 0.3) is 0 Å². The number of carboxylic acid groups (broad SMARTS) is 1. The molecular formula is C28H45N3O4. The number of hydrogen-bond acceptors (Lipinski definition) is 4. The molecule has 35 heavy (non-hydrogen) atoms. The Morgan fingerprint density at radius 1 is 1.00 bits per heavy atom. The first-order valence-electron chi connectivity index (χ1n) is 12.2. The van der Waals surface area contributed by atoms with Gasteiger partial charge in [-0.2, -0.15) is 0 Å². The Labute approximate surface area is 211 Å². The van der Waals surface area contributed by atoms with E-state index in [9.17, 15) is 19.5 Å². The van der Waals surface area contributed by atoms with Gasteiger partial charge in [0, 0.05) is 18.0 Å². The van der Waals surface area contributed by atoms with Crippen LogP contribution in [0, 0.1) is 18.3 Å². The number of carboxylic acids is 1. The molecule has 0 aliphatic heterocycles. The molecule has 0 saturated heterocycles. The van der Waals surface area contributed by atoms with Crippen LogP contribution in [0.2, 0.25) is 0 Å². The molecule has 0 aliphatic rings. The summed E-state index contributed by atoms with van der Waals surface area (Å²) < 4.78 is 0. The lowest BCUT2D eigenvalue weighted by molar-refractivity contribution is -0.141. The summed E-state index contributed by atoms with van der Waals surface area (Å²) in [5.41, 5.74) is 1.23. The molecule has 0 aromatic heterocycles. The molecule has 1 rings (SSSR count). The van der Waals surface area contributed by atoms with Gasteiger partial charge in [0.15, 0.2) is 0 Å². The van der Waals surface area contributed by atoms with Gasteiger partial charge in [0.05, 0.1) is 12.1 Å². The molecule has 196 valence electrons. The molecule has 1 aromatic rings. The Hall–Kier alpha value is -2.67. The maximum absolute atomic E-state index is 13.7. The quantitative estimate of drug-likeness (QED) is 0.435. The van der Waals surface area contributed by atoms with Crippen LogP contribution in [0.1, 0.15) is 66.5 Å². The molecule has 0 bridgehead atoms. The minimum atomic E-state index is -1.02. The zero-order valence-corrected chi connectivity index (χ0v) is 23.3. The maximum Gasteiger partial charge on any atom is 0.331 e. The summed E-state index contributed by atoms with van der Waals surface area (Å²) in [5.74, 6) is -1.56. The van der Waals surface area contributed by atoms with Gasteiger partial charge in [-0.3, -0.25) is 9.59 Å². The Morgan fingerprint density at radius 2 is 1.51 bits per heavy atom. The topological polar surface area (TPSA) is 98.7 Å². The Kier molecular flexibility index (Phi) is 10.3. The van der Waals surface area contributed by atoms with E-state index in [1.807, 2.05) is 79.7 Å². The van der Waals surface area contributed by atoms with Gasteiger partial charge in [-0.15, -0.1) is 0 Å². The second-order valence-electron chi connectivity index (χ2n) is 11.5. The lowest BCUT2D eigenvalue weighted by Crippen LogP contribution is -2.61. The molecule has 0 heterocycles. The highest BCUT2D eigenvalue weighted by atomic mass is 16.4. The minimum Gasteiger partial charge on any atom is -0.478 e. The van der Waals surface area contributed by atoms with Gasteiger partial charge in [-0.05, 0) is 37.8 Å². The molecule has 7 heteroatoms. The van der Waals surface area contributed by atoms with Crippen LogP contribution in [-0.4, -0.2) is 60.0 Å². The first kappa shape index (κ1) is 30.4. The molecule has 3 atom stereocenters. The van der Waals surface area contributed by atoms with E-state index in [1.54, 1.807) is 25.1 Å². The number of rotatable bonds is 10. The predicted molar refractivity (Wildman–Crippen MR) is 141 cm³/mol. The lowest BCUT2D eigenvalue weighted by atomic mass is 9.76. The van der Waals surface area contributed by atoms with Crippen molar-refractivity contribution in [1.82, 2.24) is 15.5 Å². The Balaban J connectivity index is 3.30. The number of carbonyl (C=O) groups excluding carboxylic acids is 2. The average Bonchev–Trinajstić information content (AvgIpc) is 2.74. The van der Waals surface area contributed by atoms with Crippen molar-refractivity contribution in [2.24, 2.45) is 11.3 Å².